The first kappa shape index (κ1) is 17.1. The lowest BCUT2D eigenvalue weighted by atomic mass is 10.2. The van der Waals surface area contributed by atoms with Gasteiger partial charge in [-0.2, -0.15) is 5.10 Å². The molecule has 1 fully saturated rings. The first-order chi connectivity index (χ1) is 11.9. The molecule has 0 bridgehead atoms. The average molecular weight is 348 g/mol. The van der Waals surface area contributed by atoms with Crippen LogP contribution in [0.1, 0.15) is 24.0 Å². The first-order valence-electron chi connectivity index (χ1n) is 7.98. The van der Waals surface area contributed by atoms with Crippen LogP contribution >= 0.6 is 0 Å². The van der Waals surface area contributed by atoms with Crippen LogP contribution in [0.5, 0.6) is 0 Å². The summed E-state index contributed by atoms with van der Waals surface area (Å²) >= 11 is 0. The van der Waals surface area contributed by atoms with Crippen molar-refractivity contribution in [2.24, 2.45) is 5.92 Å². The number of benzene rings is 1. The number of carbonyl (C=O) groups excluding carboxylic acids is 2. The zero-order valence-electron chi connectivity index (χ0n) is 13.7. The molecule has 1 saturated carbocycles. The van der Waals surface area contributed by atoms with Gasteiger partial charge in [0.05, 0.1) is 19.3 Å². The topological polar surface area (TPSA) is 76.0 Å². The lowest BCUT2D eigenvalue weighted by molar-refractivity contribution is -0.125. The number of anilines is 1. The summed E-state index contributed by atoms with van der Waals surface area (Å²) in [7, 11) is 0. The van der Waals surface area contributed by atoms with Gasteiger partial charge in [-0.15, -0.1) is 0 Å². The summed E-state index contributed by atoms with van der Waals surface area (Å²) in [5, 5.41) is 9.32. The molecule has 1 aromatic carbocycles. The van der Waals surface area contributed by atoms with E-state index in [0.717, 1.165) is 31.0 Å². The molecule has 25 heavy (non-hydrogen) atoms. The zero-order chi connectivity index (χ0) is 18.0. The van der Waals surface area contributed by atoms with E-state index in [2.05, 4.69) is 15.7 Å². The summed E-state index contributed by atoms with van der Waals surface area (Å²) < 4.78 is 28.5. The lowest BCUT2D eigenvalue weighted by Crippen LogP contribution is -2.34. The molecule has 2 N–H and O–H groups in total. The molecule has 2 aromatic rings. The van der Waals surface area contributed by atoms with Crippen molar-refractivity contribution in [3.05, 3.63) is 47.2 Å². The van der Waals surface area contributed by atoms with Crippen molar-refractivity contribution in [3.63, 3.8) is 0 Å². The van der Waals surface area contributed by atoms with Crippen molar-refractivity contribution in [3.8, 4) is 0 Å². The maximum absolute atomic E-state index is 13.8. The van der Waals surface area contributed by atoms with E-state index < -0.39 is 17.5 Å². The Labute approximate surface area is 143 Å². The molecule has 1 aliphatic carbocycles. The van der Waals surface area contributed by atoms with Crippen molar-refractivity contribution >= 4 is 17.6 Å². The number of aryl methyl sites for hydroxylation is 1. The van der Waals surface area contributed by atoms with Crippen LogP contribution in [0.15, 0.2) is 24.4 Å². The molecule has 1 heterocycles. The number of halogens is 2. The fourth-order valence-corrected chi connectivity index (χ4v) is 2.42. The van der Waals surface area contributed by atoms with E-state index in [9.17, 15) is 18.4 Å². The van der Waals surface area contributed by atoms with Crippen LogP contribution in [-0.2, 0) is 16.1 Å². The van der Waals surface area contributed by atoms with Crippen molar-refractivity contribution in [2.75, 3.05) is 11.9 Å². The molecule has 132 valence electrons. The summed E-state index contributed by atoms with van der Waals surface area (Å²) in [6.45, 7) is 1.57. The van der Waals surface area contributed by atoms with E-state index >= 15 is 0 Å². The Hall–Kier alpha value is -2.77. The quantitative estimate of drug-likeness (QED) is 0.838. The van der Waals surface area contributed by atoms with Gasteiger partial charge in [0.25, 0.3) is 0 Å². The number of hydrogen-bond donors (Lipinski definition) is 2. The smallest absolute Gasteiger partial charge is 0.244 e. The summed E-state index contributed by atoms with van der Waals surface area (Å²) in [5.41, 5.74) is 0.805. The molecule has 0 atom stereocenters. The van der Waals surface area contributed by atoms with Gasteiger partial charge in [-0.3, -0.25) is 9.59 Å². The van der Waals surface area contributed by atoms with E-state index in [-0.39, 0.29) is 30.5 Å². The van der Waals surface area contributed by atoms with E-state index in [1.165, 1.54) is 10.9 Å². The lowest BCUT2D eigenvalue weighted by Gasteiger charge is -2.11. The Morgan fingerprint density at radius 1 is 1.32 bits per heavy atom. The molecule has 1 aliphatic rings. The predicted molar refractivity (Wildman–Crippen MR) is 86.8 cm³/mol. The molecule has 1 aromatic heterocycles. The van der Waals surface area contributed by atoms with Gasteiger partial charge in [0, 0.05) is 17.0 Å². The minimum atomic E-state index is -0.552. The monoisotopic (exact) mass is 348 g/mol. The number of nitrogens with zero attached hydrogens (tertiary/aromatic N) is 2. The van der Waals surface area contributed by atoms with E-state index in [4.69, 9.17) is 0 Å². The number of carbonyl (C=O) groups is 2. The molecule has 0 radical (unpaired) electrons. The number of amides is 2. The SMILES string of the molecule is Cc1cnn(Cc2cc(F)ccc2F)c1NC(=O)CNC(=O)C1CC1. The first-order valence-corrected chi connectivity index (χ1v) is 7.98. The zero-order valence-corrected chi connectivity index (χ0v) is 13.7. The molecular weight excluding hydrogens is 330 g/mol. The third kappa shape index (κ3) is 4.20. The summed E-state index contributed by atoms with van der Waals surface area (Å²) in [6.07, 6.45) is 3.24. The second-order valence-electron chi connectivity index (χ2n) is 6.11. The Bertz CT molecular complexity index is 815. The van der Waals surface area contributed by atoms with Gasteiger partial charge >= 0.3 is 0 Å². The number of rotatable bonds is 6. The third-order valence-electron chi connectivity index (χ3n) is 3.98. The Balaban J connectivity index is 1.67. The standard InChI is InChI=1S/C17H18F2N4O2/c1-10-7-21-23(9-12-6-13(18)4-5-14(12)19)16(10)22-15(24)8-20-17(25)11-2-3-11/h4-7,11H,2-3,8-9H2,1H3,(H,20,25)(H,22,24). The van der Waals surface area contributed by atoms with Crippen LogP contribution < -0.4 is 10.6 Å². The van der Waals surface area contributed by atoms with Crippen LogP contribution in [-0.4, -0.2) is 28.1 Å². The second kappa shape index (κ2) is 7.00. The van der Waals surface area contributed by atoms with Crippen LogP contribution in [0.25, 0.3) is 0 Å². The highest BCUT2D eigenvalue weighted by molar-refractivity contribution is 5.95. The van der Waals surface area contributed by atoms with Crippen LogP contribution in [0, 0.1) is 24.5 Å². The molecule has 0 aliphatic heterocycles. The number of nitrogens with one attached hydrogen (secondary N) is 2. The largest absolute Gasteiger partial charge is 0.347 e. The van der Waals surface area contributed by atoms with Crippen LogP contribution in [0.3, 0.4) is 0 Å². The molecule has 8 heteroatoms. The van der Waals surface area contributed by atoms with Gasteiger partial charge in [-0.05, 0) is 38.0 Å². The van der Waals surface area contributed by atoms with Gasteiger partial charge in [-0.1, -0.05) is 0 Å². The Kier molecular flexibility index (Phi) is 4.78. The fraction of sp³-hybridized carbons (Fsp3) is 0.353. The molecule has 0 unspecified atom stereocenters. The van der Waals surface area contributed by atoms with Gasteiger partial charge in [0.2, 0.25) is 11.8 Å². The molecule has 2 amide bonds. The van der Waals surface area contributed by atoms with E-state index in [1.807, 2.05) is 0 Å². The van der Waals surface area contributed by atoms with Crippen LogP contribution in [0.4, 0.5) is 14.6 Å². The molecule has 0 saturated heterocycles. The molecule has 0 spiro atoms. The summed E-state index contributed by atoms with van der Waals surface area (Å²) in [5.74, 6) is -1.22. The van der Waals surface area contributed by atoms with Gasteiger partial charge in [0.1, 0.15) is 17.5 Å². The minimum Gasteiger partial charge on any atom is -0.347 e. The van der Waals surface area contributed by atoms with Crippen molar-refractivity contribution in [1.29, 1.82) is 0 Å². The summed E-state index contributed by atoms with van der Waals surface area (Å²) in [6, 6.07) is 3.18. The highest BCUT2D eigenvalue weighted by Gasteiger charge is 2.29. The second-order valence-corrected chi connectivity index (χ2v) is 6.11. The van der Waals surface area contributed by atoms with Gasteiger partial charge < -0.3 is 10.6 Å². The molecular formula is C17H18F2N4O2. The van der Waals surface area contributed by atoms with E-state index in [1.54, 1.807) is 6.92 Å². The maximum Gasteiger partial charge on any atom is 0.244 e. The summed E-state index contributed by atoms with van der Waals surface area (Å²) in [4.78, 5) is 23.6. The van der Waals surface area contributed by atoms with Gasteiger partial charge in [-0.25, -0.2) is 13.5 Å². The van der Waals surface area contributed by atoms with Crippen molar-refractivity contribution in [2.45, 2.75) is 26.3 Å². The minimum absolute atomic E-state index is 0.0241. The number of aromatic nitrogens is 2. The van der Waals surface area contributed by atoms with Crippen molar-refractivity contribution in [1.82, 2.24) is 15.1 Å². The predicted octanol–water partition coefficient (Wildman–Crippen LogP) is 1.98. The molecule has 6 nitrogen and oxygen atoms in total. The molecule has 3 rings (SSSR count). The van der Waals surface area contributed by atoms with Crippen LogP contribution in [0.2, 0.25) is 0 Å². The normalized spacial score (nSPS) is 13.6. The van der Waals surface area contributed by atoms with E-state index in [0.29, 0.717) is 11.4 Å². The fourth-order valence-electron chi connectivity index (χ4n) is 2.42. The van der Waals surface area contributed by atoms with Crippen molar-refractivity contribution < 1.29 is 18.4 Å². The number of hydrogen-bond acceptors (Lipinski definition) is 3. The Morgan fingerprint density at radius 3 is 2.80 bits per heavy atom. The highest BCUT2D eigenvalue weighted by atomic mass is 19.1. The average Bonchev–Trinajstić information content (AvgIpc) is 3.37. The highest BCUT2D eigenvalue weighted by Crippen LogP contribution is 2.28. The Morgan fingerprint density at radius 2 is 2.08 bits per heavy atom. The third-order valence-corrected chi connectivity index (χ3v) is 3.98. The maximum atomic E-state index is 13.8. The van der Waals surface area contributed by atoms with Gasteiger partial charge in [0.15, 0.2) is 0 Å².